The molecule has 0 radical (unpaired) electrons. The maximum Gasteiger partial charge on any atom is 0.338 e. The van der Waals surface area contributed by atoms with Gasteiger partial charge in [0.25, 0.3) is 5.91 Å². The maximum absolute atomic E-state index is 12.2. The fourth-order valence-corrected chi connectivity index (χ4v) is 2.86. The normalized spacial score (nSPS) is 17.0. The minimum atomic E-state index is -0.883. The number of carbonyl (C=O) groups is 2. The number of esters is 1. The molecule has 0 aromatic heterocycles. The van der Waals surface area contributed by atoms with Crippen molar-refractivity contribution in [2.75, 3.05) is 13.2 Å². The van der Waals surface area contributed by atoms with E-state index >= 15 is 0 Å². The summed E-state index contributed by atoms with van der Waals surface area (Å²) < 4.78 is 16.4. The first-order chi connectivity index (χ1) is 13.6. The molecule has 148 valence electrons. The van der Waals surface area contributed by atoms with Crippen LogP contribution in [0.3, 0.4) is 0 Å². The summed E-state index contributed by atoms with van der Waals surface area (Å²) in [5.74, 6) is -0.220. The number of nitrogens with one attached hydrogen (secondary N) is 1. The Morgan fingerprint density at radius 1 is 1.14 bits per heavy atom. The molecule has 2 aromatic carbocycles. The molecule has 0 saturated carbocycles. The van der Waals surface area contributed by atoms with Crippen LogP contribution in [0.1, 0.15) is 35.7 Å². The Kier molecular flexibility index (Phi) is 7.03. The van der Waals surface area contributed by atoms with Gasteiger partial charge in [-0.2, -0.15) is 0 Å². The van der Waals surface area contributed by atoms with Gasteiger partial charge in [-0.05, 0) is 49.6 Å². The van der Waals surface area contributed by atoms with E-state index in [1.807, 2.05) is 30.3 Å². The summed E-state index contributed by atoms with van der Waals surface area (Å²) in [5.41, 5.74) is 1.35. The number of amides is 1. The number of hydrogen-bond donors (Lipinski definition) is 1. The molecule has 28 heavy (non-hydrogen) atoms. The first-order valence-electron chi connectivity index (χ1n) is 9.49. The second-order valence-electron chi connectivity index (χ2n) is 6.72. The van der Waals surface area contributed by atoms with Crippen molar-refractivity contribution in [3.8, 4) is 5.75 Å². The molecular weight excluding hydrogens is 358 g/mol. The molecule has 0 spiro atoms. The number of rotatable bonds is 8. The van der Waals surface area contributed by atoms with Crippen LogP contribution in [0.15, 0.2) is 54.6 Å². The summed E-state index contributed by atoms with van der Waals surface area (Å²) in [6, 6.07) is 16.2. The zero-order chi connectivity index (χ0) is 19.8. The smallest absolute Gasteiger partial charge is 0.338 e. The Bertz CT molecular complexity index is 769. The number of ether oxygens (including phenoxy) is 3. The van der Waals surface area contributed by atoms with Crippen LogP contribution >= 0.6 is 0 Å². The van der Waals surface area contributed by atoms with Gasteiger partial charge in [0.2, 0.25) is 0 Å². The third kappa shape index (κ3) is 5.82. The molecule has 6 heteroatoms. The zero-order valence-corrected chi connectivity index (χ0v) is 15.9. The topological polar surface area (TPSA) is 73.9 Å². The van der Waals surface area contributed by atoms with E-state index in [0.29, 0.717) is 24.5 Å². The van der Waals surface area contributed by atoms with Crippen LogP contribution < -0.4 is 10.1 Å². The monoisotopic (exact) mass is 383 g/mol. The predicted molar refractivity (Wildman–Crippen MR) is 104 cm³/mol. The highest BCUT2D eigenvalue weighted by atomic mass is 16.5. The lowest BCUT2D eigenvalue weighted by atomic mass is 10.2. The van der Waals surface area contributed by atoms with Gasteiger partial charge < -0.3 is 19.5 Å². The summed E-state index contributed by atoms with van der Waals surface area (Å²) >= 11 is 0. The molecule has 1 N–H and O–H groups in total. The van der Waals surface area contributed by atoms with Crippen molar-refractivity contribution >= 4 is 11.9 Å². The first kappa shape index (κ1) is 19.9. The molecule has 1 aliphatic heterocycles. The third-order valence-corrected chi connectivity index (χ3v) is 4.51. The van der Waals surface area contributed by atoms with Gasteiger partial charge in [0, 0.05) is 13.2 Å². The molecule has 1 fully saturated rings. The summed E-state index contributed by atoms with van der Waals surface area (Å²) in [5, 5.41) is 2.76. The Balaban J connectivity index is 1.44. The molecule has 2 aromatic rings. The van der Waals surface area contributed by atoms with Crippen LogP contribution in [0.2, 0.25) is 0 Å². The van der Waals surface area contributed by atoms with Crippen LogP contribution in [0.5, 0.6) is 5.75 Å². The van der Waals surface area contributed by atoms with Crippen molar-refractivity contribution in [3.63, 3.8) is 0 Å². The van der Waals surface area contributed by atoms with Gasteiger partial charge in [-0.1, -0.05) is 30.3 Å². The average Bonchev–Trinajstić information content (AvgIpc) is 3.25. The van der Waals surface area contributed by atoms with Crippen molar-refractivity contribution < 1.29 is 23.8 Å². The standard InChI is InChI=1S/C22H25NO5/c1-16(21(24)23-14-17-6-3-2-4-7-17)28-22(25)18-9-11-19(12-10-18)27-15-20-8-5-13-26-20/h2-4,6-7,9-12,16,20H,5,8,13-15H2,1H3,(H,23,24)/t16-,20+/m1/s1. The van der Waals surface area contributed by atoms with Crippen molar-refractivity contribution in [1.82, 2.24) is 5.32 Å². The minimum absolute atomic E-state index is 0.139. The lowest BCUT2D eigenvalue weighted by Gasteiger charge is -2.14. The number of benzene rings is 2. The summed E-state index contributed by atoms with van der Waals surface area (Å²) in [6.45, 7) is 3.23. The maximum atomic E-state index is 12.2. The number of hydrogen-bond acceptors (Lipinski definition) is 5. The van der Waals surface area contributed by atoms with Crippen molar-refractivity contribution in [2.45, 2.75) is 38.5 Å². The third-order valence-electron chi connectivity index (χ3n) is 4.51. The van der Waals surface area contributed by atoms with Crippen LogP contribution in [0.4, 0.5) is 0 Å². The van der Waals surface area contributed by atoms with E-state index < -0.39 is 12.1 Å². The molecule has 1 amide bonds. The van der Waals surface area contributed by atoms with Gasteiger partial charge >= 0.3 is 5.97 Å². The van der Waals surface area contributed by atoms with Crippen LogP contribution in [0.25, 0.3) is 0 Å². The van der Waals surface area contributed by atoms with Crippen LogP contribution in [-0.2, 0) is 20.8 Å². The Hall–Kier alpha value is -2.86. The van der Waals surface area contributed by atoms with E-state index in [-0.39, 0.29) is 12.0 Å². The summed E-state index contributed by atoms with van der Waals surface area (Å²) in [6.07, 6.45) is 1.33. The average molecular weight is 383 g/mol. The molecule has 0 unspecified atom stereocenters. The highest BCUT2D eigenvalue weighted by Crippen LogP contribution is 2.17. The first-order valence-corrected chi connectivity index (χ1v) is 9.49. The van der Waals surface area contributed by atoms with E-state index in [1.165, 1.54) is 0 Å². The van der Waals surface area contributed by atoms with Gasteiger partial charge in [-0.25, -0.2) is 4.79 Å². The molecule has 0 aliphatic carbocycles. The second-order valence-corrected chi connectivity index (χ2v) is 6.72. The SMILES string of the molecule is C[C@@H](OC(=O)c1ccc(OC[C@@H]2CCCO2)cc1)C(=O)NCc1ccccc1. The van der Waals surface area contributed by atoms with Gasteiger partial charge in [0.05, 0.1) is 11.7 Å². The summed E-state index contributed by atoms with van der Waals surface area (Å²) in [7, 11) is 0. The fraction of sp³-hybridized carbons (Fsp3) is 0.364. The van der Waals surface area contributed by atoms with Gasteiger partial charge in [0.15, 0.2) is 6.10 Å². The number of carbonyl (C=O) groups excluding carboxylic acids is 2. The van der Waals surface area contributed by atoms with E-state index in [0.717, 1.165) is 25.0 Å². The Morgan fingerprint density at radius 3 is 2.57 bits per heavy atom. The molecule has 1 aliphatic rings. The molecule has 6 nitrogen and oxygen atoms in total. The second kappa shape index (κ2) is 9.90. The molecule has 0 bridgehead atoms. The minimum Gasteiger partial charge on any atom is -0.491 e. The van der Waals surface area contributed by atoms with Crippen molar-refractivity contribution in [3.05, 3.63) is 65.7 Å². The van der Waals surface area contributed by atoms with Crippen LogP contribution in [0, 0.1) is 0 Å². The van der Waals surface area contributed by atoms with Crippen molar-refractivity contribution in [2.24, 2.45) is 0 Å². The summed E-state index contributed by atoms with van der Waals surface area (Å²) in [4.78, 5) is 24.4. The van der Waals surface area contributed by atoms with E-state index in [4.69, 9.17) is 14.2 Å². The van der Waals surface area contributed by atoms with E-state index in [2.05, 4.69) is 5.32 Å². The predicted octanol–water partition coefficient (Wildman–Crippen LogP) is 3.11. The highest BCUT2D eigenvalue weighted by molar-refractivity contribution is 5.92. The lowest BCUT2D eigenvalue weighted by molar-refractivity contribution is -0.129. The molecule has 1 heterocycles. The molecule has 3 rings (SSSR count). The van der Waals surface area contributed by atoms with Gasteiger partial charge in [-0.15, -0.1) is 0 Å². The molecule has 1 saturated heterocycles. The molecule has 2 atom stereocenters. The van der Waals surface area contributed by atoms with Gasteiger partial charge in [-0.3, -0.25) is 4.79 Å². The molecular formula is C22H25NO5. The van der Waals surface area contributed by atoms with Gasteiger partial charge in [0.1, 0.15) is 12.4 Å². The lowest BCUT2D eigenvalue weighted by Crippen LogP contribution is -2.35. The van der Waals surface area contributed by atoms with E-state index in [1.54, 1.807) is 31.2 Å². The zero-order valence-electron chi connectivity index (χ0n) is 15.9. The fourth-order valence-electron chi connectivity index (χ4n) is 2.86. The largest absolute Gasteiger partial charge is 0.491 e. The Morgan fingerprint density at radius 2 is 1.89 bits per heavy atom. The quantitative estimate of drug-likeness (QED) is 0.709. The van der Waals surface area contributed by atoms with Crippen LogP contribution in [-0.4, -0.2) is 37.3 Å². The highest BCUT2D eigenvalue weighted by Gasteiger charge is 2.19. The van der Waals surface area contributed by atoms with E-state index in [9.17, 15) is 9.59 Å². The Labute approximate surface area is 164 Å². The van der Waals surface area contributed by atoms with Crippen molar-refractivity contribution in [1.29, 1.82) is 0 Å².